The van der Waals surface area contributed by atoms with Crippen molar-refractivity contribution in [2.45, 2.75) is 413 Å². The third kappa shape index (κ3) is 57.4. The summed E-state index contributed by atoms with van der Waals surface area (Å²) in [6, 6.07) is 112. The van der Waals surface area contributed by atoms with Gasteiger partial charge in [0, 0.05) is 0 Å². The van der Waals surface area contributed by atoms with Gasteiger partial charge in [-0.3, -0.25) is 0 Å². The summed E-state index contributed by atoms with van der Waals surface area (Å²) in [4.78, 5) is 0. The van der Waals surface area contributed by atoms with Gasteiger partial charge in [0.2, 0.25) is 0 Å². The fourth-order valence-corrected chi connectivity index (χ4v) is 15.0. The van der Waals surface area contributed by atoms with Crippen molar-refractivity contribution in [2.75, 3.05) is 0 Å². The topological polar surface area (TPSA) is 0 Å². The number of hydrogen-bond donors (Lipinski definition) is 0. The first kappa shape index (κ1) is 143. The molecule has 0 aliphatic carbocycles. The smallest absolute Gasteiger partial charge is 0.0167 e. The van der Waals surface area contributed by atoms with Crippen LogP contribution in [0.4, 0.5) is 0 Å². The molecule has 0 saturated carbocycles. The molecule has 142 heavy (non-hydrogen) atoms. The van der Waals surface area contributed by atoms with Gasteiger partial charge in [0.15, 0.2) is 0 Å². The highest BCUT2D eigenvalue weighted by atomic mass is 14.2. The van der Waals surface area contributed by atoms with Crippen LogP contribution in [0.2, 0.25) is 0 Å². The molecule has 0 aliphatic rings. The predicted molar refractivity (Wildman–Crippen MR) is 661 cm³/mol. The van der Waals surface area contributed by atoms with Crippen LogP contribution in [0.25, 0.3) is 77.9 Å². The normalized spacial score (nSPS) is 9.41. The maximum absolute atomic E-state index is 2.35. The van der Waals surface area contributed by atoms with Gasteiger partial charge in [-0.25, -0.2) is 0 Å². The van der Waals surface area contributed by atoms with Gasteiger partial charge in [-0.2, -0.15) is 0 Å². The fraction of sp³-hybridized carbons (Fsp3) is 0.451. The van der Waals surface area contributed by atoms with Crippen LogP contribution in [0.5, 0.6) is 0 Å². The lowest BCUT2D eigenvalue weighted by Crippen LogP contribution is -2.01. The molecular weight excluding hydrogens is 1710 g/mol. The molecule has 0 bridgehead atoms. The Morgan fingerprint density at radius 2 is 0.373 bits per heavy atom. The molecule has 13 rings (SSSR count). The summed E-state index contributed by atoms with van der Waals surface area (Å²) in [5.41, 5.74) is 38.0. The van der Waals surface area contributed by atoms with Gasteiger partial charge < -0.3 is 0 Å². The summed E-state index contributed by atoms with van der Waals surface area (Å²) in [6.45, 7) is 92.0. The summed E-state index contributed by atoms with van der Waals surface area (Å²) in [6.07, 6.45) is 19.0. The van der Waals surface area contributed by atoms with Crippen molar-refractivity contribution in [3.05, 3.63) is 381 Å². The average Bonchev–Trinajstić information content (AvgIpc) is 0.828. The predicted octanol–water partition coefficient (Wildman–Crippen LogP) is 47.2. The van der Waals surface area contributed by atoms with E-state index in [1.807, 2.05) is 180 Å². The second-order valence-corrected chi connectivity index (χ2v) is 32.5. The zero-order valence-electron chi connectivity index (χ0n) is 100. The van der Waals surface area contributed by atoms with Gasteiger partial charge >= 0.3 is 0 Å². The van der Waals surface area contributed by atoms with Crippen molar-refractivity contribution in [3.63, 3.8) is 0 Å². The Morgan fingerprint density at radius 3 is 0.599 bits per heavy atom. The van der Waals surface area contributed by atoms with Gasteiger partial charge in [-0.1, -0.05) is 628 Å². The lowest BCUT2D eigenvalue weighted by atomic mass is 9.92. The van der Waals surface area contributed by atoms with E-state index in [0.29, 0.717) is 5.92 Å². The zero-order valence-corrected chi connectivity index (χ0v) is 100. The lowest BCUT2D eigenvalue weighted by Gasteiger charge is -2.13. The molecule has 0 N–H and O–H groups in total. The molecule has 0 spiro atoms. The average molecular weight is 1930 g/mol. The minimum atomic E-state index is 0.706. The van der Waals surface area contributed by atoms with Crippen molar-refractivity contribution in [1.82, 2.24) is 0 Å². The van der Waals surface area contributed by atoms with E-state index in [0.717, 1.165) is 56.3 Å². The second kappa shape index (κ2) is 95.7. The van der Waals surface area contributed by atoms with Crippen LogP contribution in [0.1, 0.15) is 406 Å². The van der Waals surface area contributed by atoms with E-state index in [9.17, 15) is 0 Å². The number of benzene rings is 13. The maximum Gasteiger partial charge on any atom is -0.0167 e. The minimum Gasteiger partial charge on any atom is -0.0683 e. The summed E-state index contributed by atoms with van der Waals surface area (Å²) in [5, 5.41) is 0. The highest BCUT2D eigenvalue weighted by molar-refractivity contribution is 5.72. The molecule has 0 fully saturated rings. The first-order valence-electron chi connectivity index (χ1n) is 57.5. The Kier molecular flexibility index (Phi) is 96.1. The Labute approximate surface area is 884 Å². The third-order valence-corrected chi connectivity index (χ3v) is 23.6. The zero-order chi connectivity index (χ0) is 109. The SMILES string of the molecule is CC.CC.CC.CC.CC.CC.CC.CC.CC.CC.CC.CC.CC.CCC(CC)Cc1ccc(-c2ccc(-c3ccc(C)cc3)cc2)cc1.CCC(CC)Cc1ccc(-c2ccc(C)cc2)cc1.CCC(CC)c1ccc(-c2ccc(C)cc2)cc1.CCc1ccc(-c2cc(CC)cc(CC)c2)cc1.CCc1ccc(-c2ccc(CC)c(CC)c2)cc1.Cc1ccc(-c2ccc(CCC(C)C)cc2)cc1. The summed E-state index contributed by atoms with van der Waals surface area (Å²) in [5.74, 6) is 3.11. The van der Waals surface area contributed by atoms with Crippen molar-refractivity contribution in [2.24, 2.45) is 17.8 Å². The van der Waals surface area contributed by atoms with Gasteiger partial charge in [0.05, 0.1) is 0 Å². The molecule has 0 nitrogen and oxygen atoms in total. The number of rotatable bonds is 27. The standard InChI is InChI=1S/C25H28.C19H24.4C18H22.13C2H6/c1-4-20(5-2)18-21-8-12-23(13-9-21)25-16-14-24(15-17-25)22-10-6-19(3)7-11-22;1-4-16(5-2)14-17-8-12-19(13-9-17)18-10-6-15(3)7-11-18;1-14(2)4-7-16-8-12-18(13-9-16)17-10-5-15(3)6-11-17;1-4-15(5-2)16-10-12-18(13-11-16)17-8-6-14(3)7-9-17;1-4-14-7-9-17(10-8-14)18-12-15(5-2)11-16(6-3)13-18;1-4-14-7-9-17(10-8-14)18-12-11-15(5-2)16(6-3)13-18;13*1-2/h6-17,20H,4-5,18H2,1-3H3;6-13,16H,4-5,14H2,1-3H3;5-6,8-14H,4,7H2,1-3H3;6-13,15H,4-5H2,1-3H3;2*7-13H,4-6H2,1-3H3;13*1-2H3. The van der Waals surface area contributed by atoms with E-state index < -0.39 is 0 Å². The van der Waals surface area contributed by atoms with E-state index in [4.69, 9.17) is 0 Å². The molecule has 786 valence electrons. The lowest BCUT2D eigenvalue weighted by molar-refractivity contribution is 0.490. The highest BCUT2D eigenvalue weighted by Gasteiger charge is 2.12. The van der Waals surface area contributed by atoms with Crippen LogP contribution in [-0.4, -0.2) is 0 Å². The molecule has 0 radical (unpaired) electrons. The van der Waals surface area contributed by atoms with Gasteiger partial charge in [-0.15, -0.1) is 0 Å². The van der Waals surface area contributed by atoms with Crippen LogP contribution >= 0.6 is 0 Å². The van der Waals surface area contributed by atoms with E-state index in [2.05, 4.69) is 428 Å². The number of aryl methyl sites for hydroxylation is 11. The molecule has 0 saturated heterocycles. The Morgan fingerprint density at radius 1 is 0.169 bits per heavy atom. The highest BCUT2D eigenvalue weighted by Crippen LogP contribution is 2.32. The minimum absolute atomic E-state index is 0.706. The molecule has 0 unspecified atom stereocenters. The quantitative estimate of drug-likeness (QED) is 0.0481. The van der Waals surface area contributed by atoms with E-state index in [-0.39, 0.29) is 0 Å². The first-order valence-corrected chi connectivity index (χ1v) is 57.5. The fourth-order valence-electron chi connectivity index (χ4n) is 15.0. The third-order valence-electron chi connectivity index (χ3n) is 23.6. The maximum atomic E-state index is 2.35. The van der Waals surface area contributed by atoms with Crippen LogP contribution in [0, 0.1) is 45.4 Å². The molecule has 0 heteroatoms. The van der Waals surface area contributed by atoms with E-state index >= 15 is 0 Å². The van der Waals surface area contributed by atoms with Crippen molar-refractivity contribution in [1.29, 1.82) is 0 Å². The van der Waals surface area contributed by atoms with Crippen LogP contribution in [-0.2, 0) is 57.8 Å². The first-order chi connectivity index (χ1) is 69.3. The van der Waals surface area contributed by atoms with E-state index in [1.165, 1.54) is 220 Å². The Bertz CT molecular complexity index is 4820. The molecule has 0 atom stereocenters. The van der Waals surface area contributed by atoms with Gasteiger partial charge in [0.1, 0.15) is 0 Å². The summed E-state index contributed by atoms with van der Waals surface area (Å²) < 4.78 is 0. The van der Waals surface area contributed by atoms with Crippen LogP contribution in [0.3, 0.4) is 0 Å². The van der Waals surface area contributed by atoms with Gasteiger partial charge in [0.25, 0.3) is 0 Å². The molecule has 0 heterocycles. The van der Waals surface area contributed by atoms with Crippen molar-refractivity contribution >= 4 is 0 Å². The van der Waals surface area contributed by atoms with E-state index in [1.54, 1.807) is 0 Å². The van der Waals surface area contributed by atoms with Crippen molar-refractivity contribution in [3.8, 4) is 77.9 Å². The van der Waals surface area contributed by atoms with Gasteiger partial charge in [-0.05, 0) is 262 Å². The summed E-state index contributed by atoms with van der Waals surface area (Å²) in [7, 11) is 0. The van der Waals surface area contributed by atoms with Crippen LogP contribution < -0.4 is 0 Å². The molecule has 13 aromatic rings. The monoisotopic (exact) mass is 1920 g/mol. The Balaban J connectivity index is -0.000000374. The Hall–Kier alpha value is -10.1. The second-order valence-electron chi connectivity index (χ2n) is 32.5. The largest absolute Gasteiger partial charge is 0.0683 e. The van der Waals surface area contributed by atoms with Crippen LogP contribution in [0.15, 0.2) is 303 Å². The van der Waals surface area contributed by atoms with Crippen molar-refractivity contribution < 1.29 is 0 Å². The number of hydrogen-bond acceptors (Lipinski definition) is 0. The molecule has 0 aliphatic heterocycles. The molecule has 0 amide bonds. The summed E-state index contributed by atoms with van der Waals surface area (Å²) >= 11 is 0. The molecule has 13 aromatic carbocycles. The molecular formula is C142H218. The molecule has 0 aromatic heterocycles.